The average Bonchev–Trinajstić information content (AvgIpc) is 2.67. The largest absolute Gasteiger partial charge is 0.508 e. The van der Waals surface area contributed by atoms with Gasteiger partial charge in [0.25, 0.3) is 0 Å². The maximum absolute atomic E-state index is 9.12. The van der Waals surface area contributed by atoms with Crippen molar-refractivity contribution in [2.75, 3.05) is 0 Å². The van der Waals surface area contributed by atoms with E-state index < -0.39 is 0 Å². The summed E-state index contributed by atoms with van der Waals surface area (Å²) in [5.41, 5.74) is 2.01. The Morgan fingerprint density at radius 2 is 2.00 bits per heavy atom. The maximum Gasteiger partial charge on any atom is 0.150 e. The zero-order valence-electron chi connectivity index (χ0n) is 9.10. The van der Waals surface area contributed by atoms with Crippen LogP contribution in [0.1, 0.15) is 17.0 Å². The predicted octanol–water partition coefficient (Wildman–Crippen LogP) is 1.98. The maximum atomic E-state index is 9.12. The third kappa shape index (κ3) is 2.84. The van der Waals surface area contributed by atoms with E-state index in [2.05, 4.69) is 10.5 Å². The molecule has 0 aliphatic rings. The standard InChI is InChI=1S/C12H14N2O2/c1-9-6-12(16-14-9)8-13-7-10-2-4-11(15)5-3-10/h2-6,13,15H,7-8H2,1H3. The van der Waals surface area contributed by atoms with Crippen molar-refractivity contribution < 1.29 is 9.63 Å². The number of aromatic hydroxyl groups is 1. The second kappa shape index (κ2) is 4.81. The third-order valence-corrected chi connectivity index (χ3v) is 2.24. The molecule has 4 heteroatoms. The minimum absolute atomic E-state index is 0.287. The van der Waals surface area contributed by atoms with E-state index in [0.717, 1.165) is 23.6 Å². The molecule has 0 unspecified atom stereocenters. The lowest BCUT2D eigenvalue weighted by Gasteiger charge is -2.02. The molecular formula is C12H14N2O2. The van der Waals surface area contributed by atoms with Gasteiger partial charge in [0.2, 0.25) is 0 Å². The summed E-state index contributed by atoms with van der Waals surface area (Å²) in [6.07, 6.45) is 0. The van der Waals surface area contributed by atoms with Crippen LogP contribution in [0.25, 0.3) is 0 Å². The van der Waals surface area contributed by atoms with Crippen LogP contribution >= 0.6 is 0 Å². The molecule has 1 aromatic heterocycles. The first kappa shape index (κ1) is 10.7. The summed E-state index contributed by atoms with van der Waals surface area (Å²) in [7, 11) is 0. The first-order chi connectivity index (χ1) is 7.74. The Morgan fingerprint density at radius 1 is 1.25 bits per heavy atom. The van der Waals surface area contributed by atoms with E-state index in [0.29, 0.717) is 6.54 Å². The fraction of sp³-hybridized carbons (Fsp3) is 0.250. The van der Waals surface area contributed by atoms with E-state index in [-0.39, 0.29) is 5.75 Å². The highest BCUT2D eigenvalue weighted by molar-refractivity contribution is 5.25. The van der Waals surface area contributed by atoms with Gasteiger partial charge in [-0.2, -0.15) is 0 Å². The summed E-state index contributed by atoms with van der Waals surface area (Å²) >= 11 is 0. The lowest BCUT2D eigenvalue weighted by Crippen LogP contribution is -2.11. The van der Waals surface area contributed by atoms with Crippen LogP contribution in [0.5, 0.6) is 5.75 Å². The molecule has 0 aliphatic carbocycles. The number of nitrogens with zero attached hydrogens (tertiary/aromatic N) is 1. The Balaban J connectivity index is 1.82. The van der Waals surface area contributed by atoms with Gasteiger partial charge in [0.15, 0.2) is 5.76 Å². The zero-order chi connectivity index (χ0) is 11.4. The Morgan fingerprint density at radius 3 is 2.62 bits per heavy atom. The molecule has 0 saturated carbocycles. The van der Waals surface area contributed by atoms with Crippen molar-refractivity contribution in [3.05, 3.63) is 47.3 Å². The predicted molar refractivity (Wildman–Crippen MR) is 59.9 cm³/mol. The lowest BCUT2D eigenvalue weighted by atomic mass is 10.2. The van der Waals surface area contributed by atoms with E-state index in [1.807, 2.05) is 25.1 Å². The van der Waals surface area contributed by atoms with Gasteiger partial charge in [0.05, 0.1) is 12.2 Å². The van der Waals surface area contributed by atoms with Crippen molar-refractivity contribution in [1.29, 1.82) is 0 Å². The molecule has 0 amide bonds. The van der Waals surface area contributed by atoms with Crippen molar-refractivity contribution in [1.82, 2.24) is 10.5 Å². The van der Waals surface area contributed by atoms with E-state index in [9.17, 15) is 0 Å². The molecule has 0 fully saturated rings. The summed E-state index contributed by atoms with van der Waals surface area (Å²) in [6.45, 7) is 3.29. The molecular weight excluding hydrogens is 204 g/mol. The topological polar surface area (TPSA) is 58.3 Å². The Bertz CT molecular complexity index is 448. The van der Waals surface area contributed by atoms with Gasteiger partial charge in [0.1, 0.15) is 5.75 Å². The number of rotatable bonds is 4. The van der Waals surface area contributed by atoms with Crippen LogP contribution in [0, 0.1) is 6.92 Å². The fourth-order valence-corrected chi connectivity index (χ4v) is 1.44. The Labute approximate surface area is 93.9 Å². The quantitative estimate of drug-likeness (QED) is 0.823. The van der Waals surface area contributed by atoms with Crippen molar-refractivity contribution in [2.45, 2.75) is 20.0 Å². The highest BCUT2D eigenvalue weighted by atomic mass is 16.5. The van der Waals surface area contributed by atoms with Crippen LogP contribution in [0.15, 0.2) is 34.9 Å². The summed E-state index contributed by atoms with van der Waals surface area (Å²) in [5, 5.41) is 16.2. The molecule has 0 saturated heterocycles. The minimum Gasteiger partial charge on any atom is -0.508 e. The SMILES string of the molecule is Cc1cc(CNCc2ccc(O)cc2)on1. The summed E-state index contributed by atoms with van der Waals surface area (Å²) in [4.78, 5) is 0. The monoisotopic (exact) mass is 218 g/mol. The normalized spacial score (nSPS) is 10.6. The number of aromatic nitrogens is 1. The molecule has 84 valence electrons. The zero-order valence-corrected chi connectivity index (χ0v) is 9.10. The van der Waals surface area contributed by atoms with E-state index >= 15 is 0 Å². The Kier molecular flexibility index (Phi) is 3.22. The van der Waals surface area contributed by atoms with Crippen molar-refractivity contribution in [3.8, 4) is 5.75 Å². The molecule has 1 aromatic carbocycles. The summed E-state index contributed by atoms with van der Waals surface area (Å²) < 4.78 is 5.07. The fourth-order valence-electron chi connectivity index (χ4n) is 1.44. The Hall–Kier alpha value is -1.81. The average molecular weight is 218 g/mol. The number of phenols is 1. The molecule has 16 heavy (non-hydrogen) atoms. The van der Waals surface area contributed by atoms with Gasteiger partial charge in [-0.25, -0.2) is 0 Å². The molecule has 4 nitrogen and oxygen atoms in total. The smallest absolute Gasteiger partial charge is 0.150 e. The number of hydrogen-bond donors (Lipinski definition) is 2. The molecule has 0 bridgehead atoms. The number of nitrogens with one attached hydrogen (secondary N) is 1. The second-order valence-electron chi connectivity index (χ2n) is 3.70. The highest BCUT2D eigenvalue weighted by Crippen LogP contribution is 2.09. The van der Waals surface area contributed by atoms with E-state index in [4.69, 9.17) is 9.63 Å². The van der Waals surface area contributed by atoms with Crippen molar-refractivity contribution in [3.63, 3.8) is 0 Å². The first-order valence-electron chi connectivity index (χ1n) is 5.15. The number of aryl methyl sites for hydroxylation is 1. The molecule has 1 heterocycles. The highest BCUT2D eigenvalue weighted by Gasteiger charge is 1.99. The molecule has 0 radical (unpaired) electrons. The molecule has 0 aliphatic heterocycles. The van der Waals surface area contributed by atoms with Crippen molar-refractivity contribution >= 4 is 0 Å². The van der Waals surface area contributed by atoms with E-state index in [1.54, 1.807) is 12.1 Å². The van der Waals surface area contributed by atoms with Crippen LogP contribution in [-0.4, -0.2) is 10.3 Å². The molecule has 2 rings (SSSR count). The van der Waals surface area contributed by atoms with Crippen LogP contribution in [-0.2, 0) is 13.1 Å². The van der Waals surface area contributed by atoms with Crippen molar-refractivity contribution in [2.24, 2.45) is 0 Å². The summed E-state index contributed by atoms with van der Waals surface area (Å²) in [6, 6.07) is 9.02. The van der Waals surface area contributed by atoms with Gasteiger partial charge in [0, 0.05) is 12.6 Å². The van der Waals surface area contributed by atoms with Gasteiger partial charge in [-0.05, 0) is 24.6 Å². The van der Waals surface area contributed by atoms with Crippen LogP contribution in [0.3, 0.4) is 0 Å². The lowest BCUT2D eigenvalue weighted by molar-refractivity contribution is 0.369. The van der Waals surface area contributed by atoms with Gasteiger partial charge in [-0.1, -0.05) is 17.3 Å². The second-order valence-corrected chi connectivity index (χ2v) is 3.70. The van der Waals surface area contributed by atoms with Gasteiger partial charge in [-0.15, -0.1) is 0 Å². The first-order valence-corrected chi connectivity index (χ1v) is 5.15. The molecule has 0 spiro atoms. The summed E-state index contributed by atoms with van der Waals surface area (Å²) in [5.74, 6) is 1.12. The number of hydrogen-bond acceptors (Lipinski definition) is 4. The van der Waals surface area contributed by atoms with Gasteiger partial charge < -0.3 is 14.9 Å². The number of phenolic OH excluding ortho intramolecular Hbond substituents is 1. The molecule has 2 aromatic rings. The molecule has 0 atom stereocenters. The number of benzene rings is 1. The van der Waals surface area contributed by atoms with Gasteiger partial charge in [-0.3, -0.25) is 0 Å². The van der Waals surface area contributed by atoms with Crippen LogP contribution in [0.2, 0.25) is 0 Å². The minimum atomic E-state index is 0.287. The van der Waals surface area contributed by atoms with E-state index in [1.165, 1.54) is 0 Å². The van der Waals surface area contributed by atoms with Crippen LogP contribution < -0.4 is 5.32 Å². The molecule has 2 N–H and O–H groups in total. The van der Waals surface area contributed by atoms with Crippen LogP contribution in [0.4, 0.5) is 0 Å². The van der Waals surface area contributed by atoms with Gasteiger partial charge >= 0.3 is 0 Å². The third-order valence-electron chi connectivity index (χ3n) is 2.24.